The Morgan fingerprint density at radius 3 is 2.14 bits per heavy atom. The number of piperidine rings is 1. The Balaban J connectivity index is 1.01. The molecular formula is C44H53N9O6. The van der Waals surface area contributed by atoms with Crippen LogP contribution in [0.2, 0.25) is 0 Å². The van der Waals surface area contributed by atoms with Crippen molar-refractivity contribution < 1.29 is 28.7 Å². The largest absolute Gasteiger partial charge is 0.453 e. The zero-order valence-corrected chi connectivity index (χ0v) is 34.4. The summed E-state index contributed by atoms with van der Waals surface area (Å²) >= 11 is 0. The van der Waals surface area contributed by atoms with Gasteiger partial charge < -0.3 is 44.9 Å². The molecule has 2 aliphatic heterocycles. The number of methoxy groups -OCH3 is 2. The number of nitrogens with one attached hydrogen (secondary N) is 5. The van der Waals surface area contributed by atoms with Crippen molar-refractivity contribution in [2.24, 2.45) is 17.8 Å². The van der Waals surface area contributed by atoms with Crippen LogP contribution in [0.4, 0.5) is 9.59 Å². The molecule has 5 heterocycles. The number of ether oxygens (including phenoxy) is 2. The molecule has 2 aromatic carbocycles. The molecular weight excluding hydrogens is 751 g/mol. The number of alkyl carbamates (subject to hydrolysis) is 2. The van der Waals surface area contributed by atoms with Crippen molar-refractivity contribution in [1.29, 1.82) is 0 Å². The fourth-order valence-electron chi connectivity index (χ4n) is 9.47. The second-order valence-electron chi connectivity index (χ2n) is 16.8. The first kappa shape index (κ1) is 39.7. The third kappa shape index (κ3) is 7.20. The maximum atomic E-state index is 14.0. The van der Waals surface area contributed by atoms with Gasteiger partial charge in [0.25, 0.3) is 0 Å². The highest BCUT2D eigenvalue weighted by Gasteiger charge is 2.56. The number of hydrogen-bond donors (Lipinski definition) is 5. The highest BCUT2D eigenvalue weighted by molar-refractivity contribution is 6.02. The quantitative estimate of drug-likeness (QED) is 0.0955. The highest BCUT2D eigenvalue weighted by atomic mass is 16.5. The zero-order valence-electron chi connectivity index (χ0n) is 34.4. The molecule has 3 aromatic heterocycles. The number of benzene rings is 2. The summed E-state index contributed by atoms with van der Waals surface area (Å²) in [5.41, 5.74) is 6.19. The van der Waals surface area contributed by atoms with Crippen molar-refractivity contribution in [1.82, 2.24) is 45.4 Å². The second-order valence-corrected chi connectivity index (χ2v) is 16.8. The van der Waals surface area contributed by atoms with Crippen LogP contribution >= 0.6 is 0 Å². The first-order valence-corrected chi connectivity index (χ1v) is 20.5. The van der Waals surface area contributed by atoms with E-state index in [0.29, 0.717) is 19.0 Å². The van der Waals surface area contributed by atoms with Gasteiger partial charge in [0.2, 0.25) is 11.8 Å². The number of amides is 4. The predicted molar refractivity (Wildman–Crippen MR) is 222 cm³/mol. The van der Waals surface area contributed by atoms with E-state index >= 15 is 0 Å². The average Bonchev–Trinajstić information content (AvgIpc) is 4.10. The molecule has 3 fully saturated rings. The van der Waals surface area contributed by atoms with E-state index in [4.69, 9.17) is 19.4 Å². The summed E-state index contributed by atoms with van der Waals surface area (Å²) in [7, 11) is 2.60. The number of H-pyrrole nitrogens is 3. The van der Waals surface area contributed by atoms with Crippen molar-refractivity contribution in [3.63, 3.8) is 0 Å². The van der Waals surface area contributed by atoms with Crippen molar-refractivity contribution in [2.75, 3.05) is 27.3 Å². The van der Waals surface area contributed by atoms with Gasteiger partial charge in [-0.25, -0.2) is 19.6 Å². The second kappa shape index (κ2) is 15.9. The van der Waals surface area contributed by atoms with E-state index in [1.54, 1.807) is 0 Å². The van der Waals surface area contributed by atoms with Gasteiger partial charge in [0.15, 0.2) is 0 Å². The van der Waals surface area contributed by atoms with E-state index < -0.39 is 29.8 Å². The molecule has 1 saturated carbocycles. The maximum Gasteiger partial charge on any atom is 0.407 e. The number of carbonyl (C=O) groups excluding carboxylic acids is 4. The third-order valence-electron chi connectivity index (χ3n) is 12.6. The molecule has 310 valence electrons. The molecule has 5 aromatic rings. The third-order valence-corrected chi connectivity index (χ3v) is 12.6. The molecule has 0 radical (unpaired) electrons. The molecule has 1 aliphatic carbocycles. The SMILES string of the molecule is COC(=O)NC(C(=O)N1CCC[C@H]1c1ncc(-c2ccc(-c3ccc(-c4cnc(C56CCC(CN5C(=O)[C@@H](NC(=O)OC)C(C)C)C6)[nH]4)c4[nH]ccc34)cc2)[nH]1)C(C)C. The summed E-state index contributed by atoms with van der Waals surface area (Å²) in [6.07, 6.45) is 8.63. The van der Waals surface area contributed by atoms with Crippen molar-refractivity contribution in [3.8, 4) is 33.6 Å². The van der Waals surface area contributed by atoms with Gasteiger partial charge in [0.05, 0.1) is 49.6 Å². The van der Waals surface area contributed by atoms with Crippen LogP contribution < -0.4 is 10.6 Å². The van der Waals surface area contributed by atoms with Gasteiger partial charge in [-0.1, -0.05) is 64.1 Å². The van der Waals surface area contributed by atoms with Gasteiger partial charge in [0.1, 0.15) is 29.3 Å². The van der Waals surface area contributed by atoms with Crippen LogP contribution in [0.5, 0.6) is 0 Å². The number of aromatic amines is 3. The minimum Gasteiger partial charge on any atom is -0.453 e. The average molecular weight is 804 g/mol. The number of hydrogen-bond acceptors (Lipinski definition) is 8. The summed E-state index contributed by atoms with van der Waals surface area (Å²) < 4.78 is 9.61. The Hall–Kier alpha value is -6.12. The molecule has 4 amide bonds. The summed E-state index contributed by atoms with van der Waals surface area (Å²) in [5.74, 6) is 1.38. The predicted octanol–water partition coefficient (Wildman–Crippen LogP) is 6.88. The minimum absolute atomic E-state index is 0.111. The topological polar surface area (TPSA) is 190 Å². The monoisotopic (exact) mass is 803 g/mol. The molecule has 5 N–H and O–H groups in total. The van der Waals surface area contributed by atoms with Crippen LogP contribution in [0.1, 0.15) is 77.5 Å². The molecule has 3 aliphatic rings. The molecule has 15 nitrogen and oxygen atoms in total. The van der Waals surface area contributed by atoms with Crippen molar-refractivity contribution >= 4 is 34.9 Å². The van der Waals surface area contributed by atoms with Gasteiger partial charge in [-0.3, -0.25) is 9.59 Å². The lowest BCUT2D eigenvalue weighted by Crippen LogP contribution is -2.56. The van der Waals surface area contributed by atoms with Crippen LogP contribution in [0.25, 0.3) is 44.5 Å². The number of fused-ring (bicyclic) bond motifs is 3. The number of rotatable bonds is 11. The minimum atomic E-state index is -0.702. The Morgan fingerprint density at radius 1 is 0.797 bits per heavy atom. The van der Waals surface area contributed by atoms with Crippen LogP contribution in [0.15, 0.2) is 61.1 Å². The first-order valence-electron chi connectivity index (χ1n) is 20.5. The van der Waals surface area contributed by atoms with E-state index in [-0.39, 0.29) is 29.7 Å². The standard InChI is InChI=1S/C44H53N9O6/c1-24(2)35(50-42(56)58-5)39(54)52-19-7-8-34(52)38-46-21-32(48-38)28-11-9-27(10-12-28)29-13-14-31(37-30(29)16-18-45-37)33-22-47-41(49-33)44-17-15-26(20-44)23-53(44)40(55)36(25(3)4)51-43(57)59-6/h9-14,16,18,21-22,24-26,34-36,45H,7-8,15,17,19-20,23H2,1-6H3,(H,46,48)(H,47,49)(H,50,56)(H,51,57)/t26?,34-,35?,36-,44?/m0/s1. The molecule has 3 unspecified atom stereocenters. The van der Waals surface area contributed by atoms with E-state index in [9.17, 15) is 19.2 Å². The molecule has 5 atom stereocenters. The van der Waals surface area contributed by atoms with Crippen LogP contribution in [0.3, 0.4) is 0 Å². The van der Waals surface area contributed by atoms with Crippen molar-refractivity contribution in [2.45, 2.75) is 83.5 Å². The highest BCUT2D eigenvalue weighted by Crippen LogP contribution is 2.52. The molecule has 2 bridgehead atoms. The smallest absolute Gasteiger partial charge is 0.407 e. The molecule has 8 rings (SSSR count). The normalized spacial score (nSPS) is 21.0. The lowest BCUT2D eigenvalue weighted by molar-refractivity contribution is -0.140. The van der Waals surface area contributed by atoms with E-state index in [1.165, 1.54) is 14.2 Å². The first-order chi connectivity index (χ1) is 28.4. The summed E-state index contributed by atoms with van der Waals surface area (Å²) in [4.78, 5) is 75.7. The maximum absolute atomic E-state index is 14.0. The molecule has 15 heteroatoms. The zero-order chi connectivity index (χ0) is 41.6. The number of likely N-dealkylation sites (tertiary alicyclic amines) is 2. The number of aromatic nitrogens is 5. The molecule has 0 spiro atoms. The number of carbonyl (C=O) groups is 4. The summed E-state index contributed by atoms with van der Waals surface area (Å²) in [6, 6.07) is 13.0. The Labute approximate surface area is 343 Å². The Morgan fingerprint density at radius 2 is 1.46 bits per heavy atom. The lowest BCUT2D eigenvalue weighted by atomic mass is 9.93. The van der Waals surface area contributed by atoms with Gasteiger partial charge in [-0.2, -0.15) is 0 Å². The van der Waals surface area contributed by atoms with Gasteiger partial charge in [0, 0.05) is 30.2 Å². The Kier molecular flexibility index (Phi) is 10.7. The van der Waals surface area contributed by atoms with E-state index in [0.717, 1.165) is 88.3 Å². The molecule has 2 saturated heterocycles. The van der Waals surface area contributed by atoms with Crippen LogP contribution in [0, 0.1) is 17.8 Å². The summed E-state index contributed by atoms with van der Waals surface area (Å²) in [5, 5.41) is 6.53. The lowest BCUT2D eigenvalue weighted by Gasteiger charge is -2.40. The fourth-order valence-corrected chi connectivity index (χ4v) is 9.47. The van der Waals surface area contributed by atoms with Gasteiger partial charge >= 0.3 is 12.2 Å². The number of nitrogens with zero attached hydrogens (tertiary/aromatic N) is 4. The van der Waals surface area contributed by atoms with Gasteiger partial charge in [-0.15, -0.1) is 0 Å². The van der Waals surface area contributed by atoms with E-state index in [1.807, 2.05) is 56.1 Å². The van der Waals surface area contributed by atoms with E-state index in [2.05, 4.69) is 68.1 Å². The van der Waals surface area contributed by atoms with Crippen LogP contribution in [-0.2, 0) is 24.6 Å². The Bertz CT molecular complexity index is 2360. The van der Waals surface area contributed by atoms with Crippen molar-refractivity contribution in [3.05, 3.63) is 72.7 Å². The fraction of sp³-hybridized carbons (Fsp3) is 0.455. The number of imidazole rings is 2. The van der Waals surface area contributed by atoms with Crippen LogP contribution in [-0.4, -0.2) is 98.1 Å². The van der Waals surface area contributed by atoms with Gasteiger partial charge in [-0.05, 0) is 72.6 Å². The summed E-state index contributed by atoms with van der Waals surface area (Å²) in [6.45, 7) is 8.87. The molecule has 59 heavy (non-hydrogen) atoms.